The monoisotopic (exact) mass is 304 g/mol. The smallest absolute Gasteiger partial charge is 0.0170 e. The van der Waals surface area contributed by atoms with Crippen molar-refractivity contribution in [3.63, 3.8) is 0 Å². The maximum absolute atomic E-state index is 3.76. The molecule has 0 aromatic carbocycles. The van der Waals surface area contributed by atoms with Crippen LogP contribution in [0.15, 0.2) is 62.8 Å². The Morgan fingerprint density at radius 2 is 0.789 bits per heavy atom. The quantitative estimate of drug-likeness (QED) is 0.404. The average Bonchev–Trinajstić information content (AvgIpc) is 2.35. The topological polar surface area (TPSA) is 6.48 Å². The largest absolute Gasteiger partial charge is 0.292 e. The van der Waals surface area contributed by atoms with Crippen LogP contribution >= 0.6 is 0 Å². The predicted octanol–water partition coefficient (Wildman–Crippen LogP) is 2.89. The van der Waals surface area contributed by atoms with Crippen LogP contribution < -0.4 is 0 Å². The fourth-order valence-corrected chi connectivity index (χ4v) is 1.62. The zero-order valence-corrected chi connectivity index (χ0v) is 12.7. The van der Waals surface area contributed by atoms with E-state index in [1.807, 2.05) is 24.3 Å². The Morgan fingerprint density at radius 1 is 0.526 bits per heavy atom. The van der Waals surface area contributed by atoms with Crippen molar-refractivity contribution in [1.29, 1.82) is 0 Å². The Bertz CT molecular complexity index is 236. The third-order valence-electron chi connectivity index (χ3n) is 2.44. The van der Waals surface area contributed by atoms with Gasteiger partial charge in [0.25, 0.3) is 0 Å². The van der Waals surface area contributed by atoms with E-state index in [9.17, 15) is 0 Å². The Hall–Kier alpha value is -0.886. The molecular formula is C16H26N2Ni. The maximum Gasteiger partial charge on any atom is 0.0170 e. The van der Waals surface area contributed by atoms with Gasteiger partial charge in [0, 0.05) is 55.8 Å². The molecule has 0 unspecified atom stereocenters. The first kappa shape index (κ1) is 20.4. The van der Waals surface area contributed by atoms with Crippen molar-refractivity contribution in [2.45, 2.75) is 0 Å². The zero-order valence-electron chi connectivity index (χ0n) is 11.7. The molecule has 19 heavy (non-hydrogen) atoms. The minimum Gasteiger partial charge on any atom is -0.292 e. The van der Waals surface area contributed by atoms with Gasteiger partial charge in [-0.15, -0.1) is 26.3 Å². The minimum atomic E-state index is 0. The predicted molar refractivity (Wildman–Crippen MR) is 82.8 cm³/mol. The summed E-state index contributed by atoms with van der Waals surface area (Å²) in [7, 11) is 0. The average molecular weight is 305 g/mol. The third-order valence-corrected chi connectivity index (χ3v) is 2.44. The second-order valence-corrected chi connectivity index (χ2v) is 4.06. The Labute approximate surface area is 128 Å². The molecule has 0 aliphatic carbocycles. The molecule has 2 nitrogen and oxygen atoms in total. The SMILES string of the molecule is C=CCN(CC=C)C/C=C/CN(CC=C)CC=C.[Ni]. The van der Waals surface area contributed by atoms with Crippen LogP contribution in [-0.2, 0) is 16.5 Å². The van der Waals surface area contributed by atoms with E-state index in [1.165, 1.54) is 0 Å². The summed E-state index contributed by atoms with van der Waals surface area (Å²) in [6.45, 7) is 20.4. The van der Waals surface area contributed by atoms with E-state index < -0.39 is 0 Å². The van der Waals surface area contributed by atoms with Crippen LogP contribution in [0.4, 0.5) is 0 Å². The number of nitrogens with zero attached hydrogens (tertiary/aromatic N) is 2. The molecular weight excluding hydrogens is 279 g/mol. The van der Waals surface area contributed by atoms with Gasteiger partial charge in [0.15, 0.2) is 0 Å². The van der Waals surface area contributed by atoms with Crippen molar-refractivity contribution in [3.05, 3.63) is 62.8 Å². The molecule has 0 N–H and O–H groups in total. The first-order valence-electron chi connectivity index (χ1n) is 6.31. The van der Waals surface area contributed by atoms with Crippen molar-refractivity contribution in [2.75, 3.05) is 39.3 Å². The van der Waals surface area contributed by atoms with Crippen LogP contribution in [0.5, 0.6) is 0 Å². The molecule has 0 amide bonds. The van der Waals surface area contributed by atoms with Gasteiger partial charge in [-0.3, -0.25) is 9.80 Å². The summed E-state index contributed by atoms with van der Waals surface area (Å²) in [5, 5.41) is 0. The molecule has 0 saturated carbocycles. The molecule has 0 bridgehead atoms. The van der Waals surface area contributed by atoms with Crippen molar-refractivity contribution in [2.24, 2.45) is 0 Å². The second-order valence-electron chi connectivity index (χ2n) is 4.06. The van der Waals surface area contributed by atoms with Gasteiger partial charge in [0.2, 0.25) is 0 Å². The molecule has 0 fully saturated rings. The Morgan fingerprint density at radius 3 is 1.00 bits per heavy atom. The van der Waals surface area contributed by atoms with E-state index in [2.05, 4.69) is 48.3 Å². The van der Waals surface area contributed by atoms with Crippen LogP contribution in [0.3, 0.4) is 0 Å². The summed E-state index contributed by atoms with van der Waals surface area (Å²) >= 11 is 0. The van der Waals surface area contributed by atoms with Crippen LogP contribution in [0, 0.1) is 0 Å². The summed E-state index contributed by atoms with van der Waals surface area (Å²) in [5.74, 6) is 0. The third kappa shape index (κ3) is 11.9. The number of hydrogen-bond acceptors (Lipinski definition) is 2. The van der Waals surface area contributed by atoms with Gasteiger partial charge in [-0.1, -0.05) is 36.5 Å². The number of hydrogen-bond donors (Lipinski definition) is 0. The van der Waals surface area contributed by atoms with E-state index in [-0.39, 0.29) is 16.5 Å². The standard InChI is InChI=1S/C16H26N2.Ni/c1-5-11-17(12-6-2)15-9-10-16-18(13-7-3)14-8-4;/h5-10H,1-4,11-16H2;/b10-9+;. The second kappa shape index (κ2) is 15.2. The molecule has 0 atom stereocenters. The van der Waals surface area contributed by atoms with E-state index in [1.54, 1.807) is 0 Å². The zero-order chi connectivity index (χ0) is 13.6. The Balaban J connectivity index is 0. The van der Waals surface area contributed by atoms with Gasteiger partial charge < -0.3 is 0 Å². The van der Waals surface area contributed by atoms with Crippen LogP contribution in [0.1, 0.15) is 0 Å². The van der Waals surface area contributed by atoms with E-state index in [4.69, 9.17) is 0 Å². The van der Waals surface area contributed by atoms with Gasteiger partial charge in [0.05, 0.1) is 0 Å². The van der Waals surface area contributed by atoms with Crippen molar-refractivity contribution < 1.29 is 16.5 Å². The van der Waals surface area contributed by atoms with E-state index in [0.717, 1.165) is 39.3 Å². The van der Waals surface area contributed by atoms with Crippen molar-refractivity contribution >= 4 is 0 Å². The number of rotatable bonds is 12. The summed E-state index contributed by atoms with van der Waals surface area (Å²) in [5.41, 5.74) is 0. The normalized spacial score (nSPS) is 10.4. The molecule has 0 aromatic rings. The summed E-state index contributed by atoms with van der Waals surface area (Å²) < 4.78 is 0. The molecule has 0 radical (unpaired) electrons. The summed E-state index contributed by atoms with van der Waals surface area (Å²) in [4.78, 5) is 4.53. The summed E-state index contributed by atoms with van der Waals surface area (Å²) in [6, 6.07) is 0. The molecule has 0 spiro atoms. The minimum absolute atomic E-state index is 0. The molecule has 0 aliphatic heterocycles. The molecule has 0 saturated heterocycles. The first-order valence-corrected chi connectivity index (χ1v) is 6.31. The molecule has 0 rings (SSSR count). The van der Waals surface area contributed by atoms with Crippen molar-refractivity contribution in [3.8, 4) is 0 Å². The van der Waals surface area contributed by atoms with Gasteiger partial charge in [-0.2, -0.15) is 0 Å². The van der Waals surface area contributed by atoms with E-state index in [0.29, 0.717) is 0 Å². The molecule has 110 valence electrons. The van der Waals surface area contributed by atoms with Gasteiger partial charge >= 0.3 is 0 Å². The Kier molecular flexibility index (Phi) is 16.3. The van der Waals surface area contributed by atoms with E-state index >= 15 is 0 Å². The molecule has 0 aliphatic rings. The van der Waals surface area contributed by atoms with Gasteiger partial charge in [-0.05, 0) is 0 Å². The van der Waals surface area contributed by atoms with Gasteiger partial charge in [0.1, 0.15) is 0 Å². The first-order chi connectivity index (χ1) is 8.78. The molecule has 0 aromatic heterocycles. The van der Waals surface area contributed by atoms with Crippen LogP contribution in [0.25, 0.3) is 0 Å². The van der Waals surface area contributed by atoms with Crippen molar-refractivity contribution in [1.82, 2.24) is 9.80 Å². The summed E-state index contributed by atoms with van der Waals surface area (Å²) in [6.07, 6.45) is 12.0. The molecule has 0 heterocycles. The van der Waals surface area contributed by atoms with Gasteiger partial charge in [-0.25, -0.2) is 0 Å². The van der Waals surface area contributed by atoms with Crippen LogP contribution in [-0.4, -0.2) is 49.1 Å². The fraction of sp³-hybridized carbons (Fsp3) is 0.375. The maximum atomic E-state index is 3.76. The molecule has 3 heteroatoms. The van der Waals surface area contributed by atoms with Crippen LogP contribution in [0.2, 0.25) is 0 Å². The fourth-order valence-electron chi connectivity index (χ4n) is 1.62.